The number of phenolic OH excluding ortho intramolecular Hbond substituents is 1. The molecular formula is C14H14INO2. The molecule has 3 nitrogen and oxygen atoms in total. The van der Waals surface area contributed by atoms with Crippen molar-refractivity contribution in [1.82, 2.24) is 5.32 Å². The van der Waals surface area contributed by atoms with Gasteiger partial charge >= 0.3 is 0 Å². The molecule has 0 saturated heterocycles. The quantitative estimate of drug-likeness (QED) is 0.503. The van der Waals surface area contributed by atoms with E-state index in [1.807, 2.05) is 30.3 Å². The molecule has 1 amide bonds. The van der Waals surface area contributed by atoms with E-state index >= 15 is 0 Å². The van der Waals surface area contributed by atoms with E-state index in [2.05, 4.69) is 27.9 Å². The molecule has 2 rings (SSSR count). The van der Waals surface area contributed by atoms with Crippen molar-refractivity contribution in [2.24, 2.45) is 0 Å². The molecule has 2 aromatic carbocycles. The van der Waals surface area contributed by atoms with Crippen LogP contribution in [0, 0.1) is 0 Å². The summed E-state index contributed by atoms with van der Waals surface area (Å²) in [6.07, 6.45) is 0.931. The van der Waals surface area contributed by atoms with Crippen molar-refractivity contribution in [3.63, 3.8) is 0 Å². The van der Waals surface area contributed by atoms with Crippen LogP contribution < -0.4 is 5.32 Å². The predicted octanol–water partition coefficient (Wildman–Crippen LogP) is 3.10. The zero-order valence-corrected chi connectivity index (χ0v) is 12.0. The Balaban J connectivity index is 2.28. The van der Waals surface area contributed by atoms with Gasteiger partial charge in [-0.05, 0) is 17.9 Å². The molecule has 94 valence electrons. The Morgan fingerprint density at radius 3 is 2.78 bits per heavy atom. The Labute approximate surface area is 119 Å². The zero-order valence-electron chi connectivity index (χ0n) is 9.82. The normalized spacial score (nSPS) is 10.5. The van der Waals surface area contributed by atoms with Crippen molar-refractivity contribution in [3.8, 4) is 5.75 Å². The lowest BCUT2D eigenvalue weighted by atomic mass is 10.0. The molecule has 0 aliphatic heterocycles. The van der Waals surface area contributed by atoms with Crippen molar-refractivity contribution < 1.29 is 9.90 Å². The predicted molar refractivity (Wildman–Crippen MR) is 81.5 cm³/mol. The van der Waals surface area contributed by atoms with Crippen molar-refractivity contribution >= 4 is 39.3 Å². The van der Waals surface area contributed by atoms with E-state index in [0.29, 0.717) is 17.5 Å². The molecule has 0 heterocycles. The molecule has 0 atom stereocenters. The number of alkyl halides is 1. The summed E-state index contributed by atoms with van der Waals surface area (Å²) in [6.45, 7) is 0.633. The van der Waals surface area contributed by atoms with Gasteiger partial charge in [0.1, 0.15) is 5.75 Å². The Morgan fingerprint density at radius 1 is 1.22 bits per heavy atom. The van der Waals surface area contributed by atoms with E-state index in [0.717, 1.165) is 16.2 Å². The van der Waals surface area contributed by atoms with Crippen molar-refractivity contribution in [2.45, 2.75) is 6.42 Å². The number of benzene rings is 2. The van der Waals surface area contributed by atoms with E-state index < -0.39 is 0 Å². The smallest absolute Gasteiger partial charge is 0.255 e. The summed E-state index contributed by atoms with van der Waals surface area (Å²) in [5.74, 6) is -0.164. The highest BCUT2D eigenvalue weighted by Gasteiger charge is 2.12. The first-order valence-corrected chi connectivity index (χ1v) is 7.31. The van der Waals surface area contributed by atoms with Gasteiger partial charge in [0.05, 0.1) is 5.56 Å². The second-order valence-corrected chi connectivity index (χ2v) is 5.06. The summed E-state index contributed by atoms with van der Waals surface area (Å²) in [5, 5.41) is 14.6. The van der Waals surface area contributed by atoms with E-state index in [4.69, 9.17) is 0 Å². The first-order chi connectivity index (χ1) is 8.74. The van der Waals surface area contributed by atoms with Gasteiger partial charge in [-0.15, -0.1) is 0 Å². The summed E-state index contributed by atoms with van der Waals surface area (Å²) in [5.41, 5.74) is 0.335. The Kier molecular flexibility index (Phi) is 4.41. The highest BCUT2D eigenvalue weighted by molar-refractivity contribution is 14.1. The largest absolute Gasteiger partial charge is 0.506 e. The van der Waals surface area contributed by atoms with Crippen LogP contribution >= 0.6 is 22.6 Å². The second-order valence-electron chi connectivity index (χ2n) is 3.98. The van der Waals surface area contributed by atoms with Crippen molar-refractivity contribution in [2.75, 3.05) is 11.0 Å². The van der Waals surface area contributed by atoms with Crippen molar-refractivity contribution in [1.29, 1.82) is 0 Å². The molecule has 2 N–H and O–H groups in total. The number of nitrogens with one attached hydrogen (secondary N) is 1. The fourth-order valence-electron chi connectivity index (χ4n) is 1.80. The number of halogens is 1. The van der Waals surface area contributed by atoms with Gasteiger partial charge in [-0.3, -0.25) is 4.79 Å². The van der Waals surface area contributed by atoms with Crippen LogP contribution in [0.15, 0.2) is 36.4 Å². The average Bonchev–Trinajstić information content (AvgIpc) is 2.39. The fraction of sp³-hybridized carbons (Fsp3) is 0.214. The van der Waals surface area contributed by atoms with Gasteiger partial charge in [0.2, 0.25) is 0 Å². The highest BCUT2D eigenvalue weighted by Crippen LogP contribution is 2.28. The lowest BCUT2D eigenvalue weighted by Gasteiger charge is -2.08. The van der Waals surface area contributed by atoms with Crippen LogP contribution in [0.5, 0.6) is 5.75 Å². The summed E-state index contributed by atoms with van der Waals surface area (Å²) in [4.78, 5) is 11.9. The molecule has 0 saturated carbocycles. The summed E-state index contributed by atoms with van der Waals surface area (Å²) < 4.78 is 1.00. The fourth-order valence-corrected chi connectivity index (χ4v) is 2.18. The molecule has 0 aromatic heterocycles. The maximum Gasteiger partial charge on any atom is 0.255 e. The van der Waals surface area contributed by atoms with Gasteiger partial charge in [-0.2, -0.15) is 0 Å². The first kappa shape index (κ1) is 13.1. The van der Waals surface area contributed by atoms with E-state index in [1.165, 1.54) is 0 Å². The number of fused-ring (bicyclic) bond motifs is 1. The average molecular weight is 355 g/mol. The lowest BCUT2D eigenvalue weighted by Crippen LogP contribution is -2.24. The molecular weight excluding hydrogens is 341 g/mol. The molecule has 0 aliphatic carbocycles. The van der Waals surface area contributed by atoms with Gasteiger partial charge in [-0.25, -0.2) is 0 Å². The summed E-state index contributed by atoms with van der Waals surface area (Å²) in [7, 11) is 0. The Hall–Kier alpha value is -1.30. The van der Waals surface area contributed by atoms with Crippen LogP contribution in [0.2, 0.25) is 0 Å². The number of carbonyl (C=O) groups is 1. The third kappa shape index (κ3) is 2.75. The molecule has 18 heavy (non-hydrogen) atoms. The number of amides is 1. The molecule has 0 aliphatic rings. The van der Waals surface area contributed by atoms with E-state index in [-0.39, 0.29) is 11.7 Å². The second kappa shape index (κ2) is 6.04. The van der Waals surface area contributed by atoms with Crippen LogP contribution in [-0.2, 0) is 0 Å². The summed E-state index contributed by atoms with van der Waals surface area (Å²) in [6, 6.07) is 11.0. The SMILES string of the molecule is O=C(NCCCI)c1ccc2ccccc2c1O. The molecule has 0 radical (unpaired) electrons. The third-order valence-electron chi connectivity index (χ3n) is 2.74. The monoisotopic (exact) mass is 355 g/mol. The minimum absolute atomic E-state index is 0.0556. The van der Waals surface area contributed by atoms with Crippen molar-refractivity contribution in [3.05, 3.63) is 42.0 Å². The third-order valence-corrected chi connectivity index (χ3v) is 3.50. The molecule has 4 heteroatoms. The number of carbonyl (C=O) groups excluding carboxylic acids is 1. The van der Waals surface area contributed by atoms with Crippen LogP contribution in [0.3, 0.4) is 0 Å². The van der Waals surface area contributed by atoms with Crippen LogP contribution in [0.4, 0.5) is 0 Å². The van der Waals surface area contributed by atoms with Gasteiger partial charge in [0.25, 0.3) is 5.91 Å². The molecule has 0 bridgehead atoms. The molecule has 0 fully saturated rings. The van der Waals surface area contributed by atoms with Crippen LogP contribution in [-0.4, -0.2) is 22.0 Å². The lowest BCUT2D eigenvalue weighted by molar-refractivity contribution is 0.0951. The maximum absolute atomic E-state index is 11.9. The number of rotatable bonds is 4. The number of aromatic hydroxyl groups is 1. The minimum atomic E-state index is -0.219. The van der Waals surface area contributed by atoms with Gasteiger partial charge in [-0.1, -0.05) is 52.9 Å². The summed E-state index contributed by atoms with van der Waals surface area (Å²) >= 11 is 2.27. The van der Waals surface area contributed by atoms with Gasteiger partial charge in [0, 0.05) is 16.4 Å². The highest BCUT2D eigenvalue weighted by atomic mass is 127. The first-order valence-electron chi connectivity index (χ1n) is 5.79. The standard InChI is InChI=1S/C14H14INO2/c15-8-3-9-16-14(18)12-7-6-10-4-1-2-5-11(10)13(12)17/h1-2,4-7,17H,3,8-9H2,(H,16,18). The van der Waals surface area contributed by atoms with Gasteiger partial charge < -0.3 is 10.4 Å². The minimum Gasteiger partial charge on any atom is -0.506 e. The Morgan fingerprint density at radius 2 is 2.00 bits per heavy atom. The van der Waals surface area contributed by atoms with Crippen LogP contribution in [0.1, 0.15) is 16.8 Å². The van der Waals surface area contributed by atoms with Crippen LogP contribution in [0.25, 0.3) is 10.8 Å². The van der Waals surface area contributed by atoms with Gasteiger partial charge in [0.15, 0.2) is 0 Å². The Bertz CT molecular complexity index is 569. The maximum atomic E-state index is 11.9. The molecule has 2 aromatic rings. The van der Waals surface area contributed by atoms with E-state index in [1.54, 1.807) is 6.07 Å². The molecule has 0 unspecified atom stereocenters. The number of phenols is 1. The number of hydrogen-bond acceptors (Lipinski definition) is 2. The van der Waals surface area contributed by atoms with E-state index in [9.17, 15) is 9.90 Å². The number of hydrogen-bond donors (Lipinski definition) is 2. The molecule has 0 spiro atoms. The zero-order chi connectivity index (χ0) is 13.0. The topological polar surface area (TPSA) is 49.3 Å².